The van der Waals surface area contributed by atoms with E-state index in [2.05, 4.69) is 10.6 Å². The number of amides is 1. The Kier molecular flexibility index (Phi) is 3.43. The van der Waals surface area contributed by atoms with Crippen LogP contribution >= 0.6 is 0 Å². The van der Waals surface area contributed by atoms with Gasteiger partial charge in [0.05, 0.1) is 6.54 Å². The lowest BCUT2D eigenvalue weighted by molar-refractivity contribution is -0.119. The van der Waals surface area contributed by atoms with Crippen molar-refractivity contribution >= 4 is 11.9 Å². The zero-order chi connectivity index (χ0) is 12.3. The van der Waals surface area contributed by atoms with E-state index in [1.54, 1.807) is 6.07 Å². The number of hydrogen-bond acceptors (Lipinski definition) is 4. The van der Waals surface area contributed by atoms with Crippen LogP contribution in [-0.2, 0) is 11.3 Å². The predicted octanol–water partition coefficient (Wildman–Crippen LogP) is 0.346. The Hall–Kier alpha value is -1.82. The summed E-state index contributed by atoms with van der Waals surface area (Å²) in [5.41, 5.74) is 0. The Morgan fingerprint density at radius 1 is 1.59 bits per heavy atom. The summed E-state index contributed by atoms with van der Waals surface area (Å²) < 4.78 is 5.08. The zero-order valence-corrected chi connectivity index (χ0v) is 9.23. The SMILES string of the molecule is O=C1CCC(CNCc2ccc(C(=O)O)o2)N1. The molecule has 1 unspecified atom stereocenters. The predicted molar refractivity (Wildman–Crippen MR) is 58.5 cm³/mol. The van der Waals surface area contributed by atoms with Gasteiger partial charge in [-0.3, -0.25) is 4.79 Å². The van der Waals surface area contributed by atoms with Crippen LogP contribution in [-0.4, -0.2) is 29.6 Å². The molecule has 0 aromatic carbocycles. The summed E-state index contributed by atoms with van der Waals surface area (Å²) in [4.78, 5) is 21.5. The minimum Gasteiger partial charge on any atom is -0.475 e. The molecule has 6 heteroatoms. The molecule has 2 heterocycles. The maximum atomic E-state index is 10.9. The quantitative estimate of drug-likeness (QED) is 0.688. The van der Waals surface area contributed by atoms with E-state index in [0.717, 1.165) is 6.42 Å². The minimum absolute atomic E-state index is 0.0593. The molecule has 0 radical (unpaired) electrons. The molecule has 6 nitrogen and oxygen atoms in total. The molecule has 1 aromatic heterocycles. The van der Waals surface area contributed by atoms with Crippen LogP contribution in [0.3, 0.4) is 0 Å². The third kappa shape index (κ3) is 3.07. The number of carboxylic acids is 1. The van der Waals surface area contributed by atoms with Crippen molar-refractivity contribution in [3.8, 4) is 0 Å². The normalized spacial score (nSPS) is 19.3. The Labute approximate surface area is 98.0 Å². The lowest BCUT2D eigenvalue weighted by Gasteiger charge is -2.09. The van der Waals surface area contributed by atoms with Crippen molar-refractivity contribution < 1.29 is 19.1 Å². The lowest BCUT2D eigenvalue weighted by Crippen LogP contribution is -2.35. The summed E-state index contributed by atoms with van der Waals surface area (Å²) >= 11 is 0. The molecule has 0 saturated carbocycles. The van der Waals surface area contributed by atoms with Crippen LogP contribution in [0.15, 0.2) is 16.5 Å². The number of carbonyl (C=O) groups excluding carboxylic acids is 1. The van der Waals surface area contributed by atoms with Crippen molar-refractivity contribution in [3.05, 3.63) is 23.7 Å². The Balaban J connectivity index is 1.74. The largest absolute Gasteiger partial charge is 0.475 e. The van der Waals surface area contributed by atoms with Gasteiger partial charge in [0.2, 0.25) is 11.7 Å². The molecule has 3 N–H and O–H groups in total. The van der Waals surface area contributed by atoms with Crippen molar-refractivity contribution in [1.29, 1.82) is 0 Å². The summed E-state index contributed by atoms with van der Waals surface area (Å²) in [6.45, 7) is 1.12. The van der Waals surface area contributed by atoms with Gasteiger partial charge in [0, 0.05) is 19.0 Å². The molecule has 1 fully saturated rings. The minimum atomic E-state index is -1.07. The fraction of sp³-hybridized carbons (Fsp3) is 0.455. The first-order chi connectivity index (χ1) is 8.15. The van der Waals surface area contributed by atoms with Gasteiger partial charge in [0.15, 0.2) is 0 Å². The van der Waals surface area contributed by atoms with E-state index in [-0.39, 0.29) is 17.7 Å². The molecule has 0 bridgehead atoms. The van der Waals surface area contributed by atoms with Crippen molar-refractivity contribution in [1.82, 2.24) is 10.6 Å². The lowest BCUT2D eigenvalue weighted by atomic mass is 10.2. The topological polar surface area (TPSA) is 91.6 Å². The summed E-state index contributed by atoms with van der Waals surface area (Å²) in [6, 6.07) is 3.22. The number of hydrogen-bond donors (Lipinski definition) is 3. The first-order valence-electron chi connectivity index (χ1n) is 5.47. The van der Waals surface area contributed by atoms with Gasteiger partial charge < -0.3 is 20.2 Å². The second-order valence-electron chi connectivity index (χ2n) is 4.01. The monoisotopic (exact) mass is 238 g/mol. The van der Waals surface area contributed by atoms with Crippen LogP contribution < -0.4 is 10.6 Å². The van der Waals surface area contributed by atoms with Crippen LogP contribution in [0.1, 0.15) is 29.2 Å². The van der Waals surface area contributed by atoms with E-state index in [4.69, 9.17) is 9.52 Å². The number of nitrogens with one attached hydrogen (secondary N) is 2. The fourth-order valence-corrected chi connectivity index (χ4v) is 1.79. The molecule has 1 saturated heterocycles. The van der Waals surface area contributed by atoms with Gasteiger partial charge >= 0.3 is 5.97 Å². The van der Waals surface area contributed by atoms with Gasteiger partial charge in [0.25, 0.3) is 0 Å². The number of rotatable bonds is 5. The van der Waals surface area contributed by atoms with Crippen molar-refractivity contribution in [2.24, 2.45) is 0 Å². The van der Waals surface area contributed by atoms with E-state index in [1.807, 2.05) is 0 Å². The molecule has 0 aliphatic carbocycles. The van der Waals surface area contributed by atoms with E-state index >= 15 is 0 Å². The average Bonchev–Trinajstić information content (AvgIpc) is 2.88. The zero-order valence-electron chi connectivity index (χ0n) is 9.23. The van der Waals surface area contributed by atoms with Crippen LogP contribution in [0.2, 0.25) is 0 Å². The third-order valence-corrected chi connectivity index (χ3v) is 2.65. The van der Waals surface area contributed by atoms with Gasteiger partial charge in [0.1, 0.15) is 5.76 Å². The summed E-state index contributed by atoms with van der Waals surface area (Å²) in [5, 5.41) is 14.6. The van der Waals surface area contributed by atoms with Gasteiger partial charge in [-0.2, -0.15) is 0 Å². The van der Waals surface area contributed by atoms with Crippen molar-refractivity contribution in [2.75, 3.05) is 6.54 Å². The highest BCUT2D eigenvalue weighted by Gasteiger charge is 2.20. The highest BCUT2D eigenvalue weighted by atomic mass is 16.4. The van der Waals surface area contributed by atoms with E-state index < -0.39 is 5.97 Å². The summed E-state index contributed by atoms with van der Waals surface area (Å²) in [6.07, 6.45) is 1.42. The van der Waals surface area contributed by atoms with Gasteiger partial charge in [-0.25, -0.2) is 4.79 Å². The second-order valence-corrected chi connectivity index (χ2v) is 4.01. The first-order valence-corrected chi connectivity index (χ1v) is 5.47. The molecule has 17 heavy (non-hydrogen) atoms. The van der Waals surface area contributed by atoms with Crippen LogP contribution in [0, 0.1) is 0 Å². The Morgan fingerprint density at radius 3 is 3.00 bits per heavy atom. The molecule has 92 valence electrons. The molecule has 1 aromatic rings. The summed E-state index contributed by atoms with van der Waals surface area (Å²) in [5.74, 6) is -0.468. The highest BCUT2D eigenvalue weighted by Crippen LogP contribution is 2.08. The molecule has 1 atom stereocenters. The Bertz CT molecular complexity index is 427. The number of carboxylic acid groups (broad SMARTS) is 1. The molecular formula is C11H14N2O4. The maximum Gasteiger partial charge on any atom is 0.371 e. The van der Waals surface area contributed by atoms with E-state index in [9.17, 15) is 9.59 Å². The smallest absolute Gasteiger partial charge is 0.371 e. The maximum absolute atomic E-state index is 10.9. The molecule has 1 amide bonds. The van der Waals surface area contributed by atoms with Gasteiger partial charge in [-0.05, 0) is 18.6 Å². The molecule has 2 rings (SSSR count). The molecular weight excluding hydrogens is 224 g/mol. The number of carbonyl (C=O) groups is 2. The van der Waals surface area contributed by atoms with Gasteiger partial charge in [-0.15, -0.1) is 0 Å². The van der Waals surface area contributed by atoms with Crippen LogP contribution in [0.5, 0.6) is 0 Å². The van der Waals surface area contributed by atoms with Crippen molar-refractivity contribution in [2.45, 2.75) is 25.4 Å². The van der Waals surface area contributed by atoms with Crippen LogP contribution in [0.4, 0.5) is 0 Å². The number of aromatic carboxylic acids is 1. The second kappa shape index (κ2) is 5.01. The molecule has 1 aliphatic heterocycles. The Morgan fingerprint density at radius 2 is 2.41 bits per heavy atom. The fourth-order valence-electron chi connectivity index (χ4n) is 1.79. The van der Waals surface area contributed by atoms with E-state index in [0.29, 0.717) is 25.3 Å². The van der Waals surface area contributed by atoms with Gasteiger partial charge in [-0.1, -0.05) is 0 Å². The number of furan rings is 1. The molecule has 0 spiro atoms. The van der Waals surface area contributed by atoms with Crippen molar-refractivity contribution in [3.63, 3.8) is 0 Å². The summed E-state index contributed by atoms with van der Waals surface area (Å²) in [7, 11) is 0. The standard InChI is InChI=1S/C11H14N2O4/c14-10-4-1-7(13-10)5-12-6-8-2-3-9(17-8)11(15)16/h2-3,7,12H,1,4-6H2,(H,13,14)(H,15,16). The highest BCUT2D eigenvalue weighted by molar-refractivity contribution is 5.84. The van der Waals surface area contributed by atoms with Crippen LogP contribution in [0.25, 0.3) is 0 Å². The average molecular weight is 238 g/mol. The third-order valence-electron chi connectivity index (χ3n) is 2.65. The van der Waals surface area contributed by atoms with E-state index in [1.165, 1.54) is 6.07 Å². The first kappa shape index (κ1) is 11.7. The molecule has 1 aliphatic rings.